The van der Waals surface area contributed by atoms with Gasteiger partial charge in [0.25, 0.3) is 0 Å². The van der Waals surface area contributed by atoms with Crippen LogP contribution in [0.3, 0.4) is 0 Å². The molecule has 1 heterocycles. The van der Waals surface area contributed by atoms with E-state index in [2.05, 4.69) is 9.44 Å². The van der Waals surface area contributed by atoms with Crippen molar-refractivity contribution in [3.05, 3.63) is 17.5 Å². The molecule has 0 radical (unpaired) electrons. The lowest BCUT2D eigenvalue weighted by molar-refractivity contribution is 0.580. The van der Waals surface area contributed by atoms with Crippen molar-refractivity contribution in [1.29, 1.82) is 0 Å². The number of thiophene rings is 1. The number of sulfonamides is 2. The molecule has 0 aromatic carbocycles. The Morgan fingerprint density at radius 2 is 2.00 bits per heavy atom. The summed E-state index contributed by atoms with van der Waals surface area (Å²) >= 11 is 1.08. The SMILES string of the molecule is CNS(=O)(=O)CCNS(=O)(=O)c1cccs1. The van der Waals surface area contributed by atoms with Crippen molar-refractivity contribution < 1.29 is 16.8 Å². The molecule has 0 aliphatic rings. The van der Waals surface area contributed by atoms with Crippen LogP contribution in [-0.4, -0.2) is 36.2 Å². The van der Waals surface area contributed by atoms with Crippen LogP contribution in [-0.2, 0) is 20.0 Å². The third-order valence-electron chi connectivity index (χ3n) is 1.73. The first-order chi connectivity index (χ1) is 7.37. The molecule has 1 aromatic rings. The van der Waals surface area contributed by atoms with Crippen LogP contribution < -0.4 is 9.44 Å². The average molecular weight is 284 g/mol. The number of hydrogen-bond acceptors (Lipinski definition) is 5. The van der Waals surface area contributed by atoms with Gasteiger partial charge in [0.1, 0.15) is 4.21 Å². The smallest absolute Gasteiger partial charge is 0.218 e. The standard InChI is InChI=1S/C7H12N2O4S3/c1-8-15(10,11)6-4-9-16(12,13)7-3-2-5-14-7/h2-3,5,8-9H,4,6H2,1H3. The molecule has 6 nitrogen and oxygen atoms in total. The molecule has 1 rings (SSSR count). The third kappa shape index (κ3) is 3.83. The number of rotatable bonds is 6. The van der Waals surface area contributed by atoms with Crippen LogP contribution >= 0.6 is 11.3 Å². The van der Waals surface area contributed by atoms with E-state index in [0.29, 0.717) is 0 Å². The average Bonchev–Trinajstić information content (AvgIpc) is 2.70. The second kappa shape index (κ2) is 5.23. The minimum absolute atomic E-state index is 0.149. The molecule has 92 valence electrons. The zero-order chi connectivity index (χ0) is 12.2. The fourth-order valence-electron chi connectivity index (χ4n) is 0.900. The van der Waals surface area contributed by atoms with Gasteiger partial charge >= 0.3 is 0 Å². The summed E-state index contributed by atoms with van der Waals surface area (Å²) in [7, 11) is -5.67. The maximum absolute atomic E-state index is 11.6. The first-order valence-electron chi connectivity index (χ1n) is 4.32. The van der Waals surface area contributed by atoms with Crippen molar-refractivity contribution in [2.75, 3.05) is 19.3 Å². The summed E-state index contributed by atoms with van der Waals surface area (Å²) in [5, 5.41) is 1.64. The summed E-state index contributed by atoms with van der Waals surface area (Å²) in [4.78, 5) is 0. The summed E-state index contributed by atoms with van der Waals surface area (Å²) in [6, 6.07) is 3.07. The molecule has 0 fully saturated rings. The summed E-state index contributed by atoms with van der Waals surface area (Å²) < 4.78 is 49.7. The highest BCUT2D eigenvalue weighted by molar-refractivity contribution is 7.91. The highest BCUT2D eigenvalue weighted by Crippen LogP contribution is 2.14. The van der Waals surface area contributed by atoms with E-state index in [1.54, 1.807) is 11.4 Å². The Labute approximate surface area is 98.8 Å². The lowest BCUT2D eigenvalue weighted by Crippen LogP contribution is -2.32. The Morgan fingerprint density at radius 3 is 2.50 bits per heavy atom. The molecule has 1 aromatic heterocycles. The Morgan fingerprint density at radius 1 is 1.31 bits per heavy atom. The highest BCUT2D eigenvalue weighted by Gasteiger charge is 2.15. The molecular weight excluding hydrogens is 272 g/mol. The van der Waals surface area contributed by atoms with Crippen molar-refractivity contribution in [1.82, 2.24) is 9.44 Å². The summed E-state index contributed by atoms with van der Waals surface area (Å²) in [6.45, 7) is -0.149. The molecule has 0 aliphatic carbocycles. The molecule has 0 spiro atoms. The van der Waals surface area contributed by atoms with E-state index in [1.165, 1.54) is 13.1 Å². The van der Waals surface area contributed by atoms with Crippen LogP contribution in [0.4, 0.5) is 0 Å². The van der Waals surface area contributed by atoms with Gasteiger partial charge in [-0.3, -0.25) is 0 Å². The van der Waals surface area contributed by atoms with Crippen molar-refractivity contribution >= 4 is 31.4 Å². The summed E-state index contributed by atoms with van der Waals surface area (Å²) in [6.07, 6.45) is 0. The van der Waals surface area contributed by atoms with Crippen LogP contribution in [0, 0.1) is 0 Å². The maximum atomic E-state index is 11.6. The van der Waals surface area contributed by atoms with E-state index >= 15 is 0 Å². The quantitative estimate of drug-likeness (QED) is 0.742. The van der Waals surface area contributed by atoms with Gasteiger partial charge in [0.15, 0.2) is 0 Å². The molecule has 9 heteroatoms. The lowest BCUT2D eigenvalue weighted by atomic mass is 10.7. The van der Waals surface area contributed by atoms with Gasteiger partial charge in [-0.05, 0) is 18.5 Å². The van der Waals surface area contributed by atoms with Crippen LogP contribution in [0.5, 0.6) is 0 Å². The first-order valence-corrected chi connectivity index (χ1v) is 8.33. The minimum atomic E-state index is -3.57. The van der Waals surface area contributed by atoms with Crippen LogP contribution in [0.25, 0.3) is 0 Å². The normalized spacial score (nSPS) is 12.8. The fraction of sp³-hybridized carbons (Fsp3) is 0.429. The Bertz CT molecular complexity index is 518. The van der Waals surface area contributed by atoms with E-state index in [4.69, 9.17) is 0 Å². The van der Waals surface area contributed by atoms with Gasteiger partial charge in [-0.25, -0.2) is 26.3 Å². The lowest BCUT2D eigenvalue weighted by Gasteiger charge is -2.04. The molecule has 16 heavy (non-hydrogen) atoms. The zero-order valence-corrected chi connectivity index (χ0v) is 11.0. The molecule has 2 N–H and O–H groups in total. The molecule has 0 saturated carbocycles. The molecule has 0 aliphatic heterocycles. The van der Waals surface area contributed by atoms with Crippen molar-refractivity contribution in [2.45, 2.75) is 4.21 Å². The molecule has 0 atom stereocenters. The van der Waals surface area contributed by atoms with Gasteiger partial charge in [-0.15, -0.1) is 11.3 Å². The van der Waals surface area contributed by atoms with E-state index in [0.717, 1.165) is 11.3 Å². The van der Waals surface area contributed by atoms with E-state index in [9.17, 15) is 16.8 Å². The second-order valence-electron chi connectivity index (χ2n) is 2.85. The molecular formula is C7H12N2O4S3. The van der Waals surface area contributed by atoms with Crippen molar-refractivity contribution in [3.8, 4) is 0 Å². The largest absolute Gasteiger partial charge is 0.250 e. The molecule has 0 bridgehead atoms. The topological polar surface area (TPSA) is 92.3 Å². The minimum Gasteiger partial charge on any atom is -0.218 e. The van der Waals surface area contributed by atoms with Crippen LogP contribution in [0.15, 0.2) is 21.7 Å². The predicted molar refractivity (Wildman–Crippen MR) is 62.4 cm³/mol. The Kier molecular flexibility index (Phi) is 4.44. The predicted octanol–water partition coefficient (Wildman–Crippen LogP) is -0.424. The molecule has 0 saturated heterocycles. The molecule has 0 unspecified atom stereocenters. The zero-order valence-electron chi connectivity index (χ0n) is 8.50. The van der Waals surface area contributed by atoms with E-state index in [-0.39, 0.29) is 16.5 Å². The van der Waals surface area contributed by atoms with Gasteiger partial charge in [0, 0.05) is 6.54 Å². The van der Waals surface area contributed by atoms with Gasteiger partial charge in [-0.2, -0.15) is 0 Å². The number of hydrogen-bond donors (Lipinski definition) is 2. The van der Waals surface area contributed by atoms with Gasteiger partial charge in [0.2, 0.25) is 20.0 Å². The second-order valence-corrected chi connectivity index (χ2v) is 7.84. The van der Waals surface area contributed by atoms with Crippen LogP contribution in [0.2, 0.25) is 0 Å². The van der Waals surface area contributed by atoms with Gasteiger partial charge in [-0.1, -0.05) is 6.07 Å². The van der Waals surface area contributed by atoms with E-state index < -0.39 is 20.0 Å². The fourth-order valence-corrected chi connectivity index (χ4v) is 3.67. The summed E-state index contributed by atoms with van der Waals surface area (Å²) in [5.74, 6) is -0.284. The van der Waals surface area contributed by atoms with Crippen LogP contribution in [0.1, 0.15) is 0 Å². The Hall–Kier alpha value is -0.480. The Balaban J connectivity index is 2.57. The maximum Gasteiger partial charge on any atom is 0.250 e. The third-order valence-corrected chi connectivity index (χ3v) is 5.96. The van der Waals surface area contributed by atoms with Crippen molar-refractivity contribution in [2.24, 2.45) is 0 Å². The van der Waals surface area contributed by atoms with Crippen molar-refractivity contribution in [3.63, 3.8) is 0 Å². The number of nitrogens with one attached hydrogen (secondary N) is 2. The summed E-state index contributed by atoms with van der Waals surface area (Å²) in [5.41, 5.74) is 0. The highest BCUT2D eigenvalue weighted by atomic mass is 32.2. The van der Waals surface area contributed by atoms with Gasteiger partial charge in [0.05, 0.1) is 5.75 Å². The monoisotopic (exact) mass is 284 g/mol. The van der Waals surface area contributed by atoms with E-state index in [1.807, 2.05) is 0 Å². The molecule has 0 amide bonds. The van der Waals surface area contributed by atoms with Gasteiger partial charge < -0.3 is 0 Å². The first kappa shape index (κ1) is 13.6.